The second-order valence-corrected chi connectivity index (χ2v) is 7.44. The molecule has 1 fully saturated rings. The van der Waals surface area contributed by atoms with E-state index in [0.29, 0.717) is 17.4 Å². The molecule has 2 amide bonds. The summed E-state index contributed by atoms with van der Waals surface area (Å²) >= 11 is 0. The summed E-state index contributed by atoms with van der Waals surface area (Å²) in [7, 11) is 1.27. The Morgan fingerprint density at radius 1 is 1.26 bits per heavy atom. The normalized spacial score (nSPS) is 14.3. The minimum atomic E-state index is -4.95. The third kappa shape index (κ3) is 4.85. The van der Waals surface area contributed by atoms with Gasteiger partial charge in [0.15, 0.2) is 5.69 Å². The van der Waals surface area contributed by atoms with Crippen molar-refractivity contribution >= 4 is 29.3 Å². The molecular formula is C21H17F4N5O5. The molecule has 0 atom stereocenters. The number of benzene rings is 1. The number of anilines is 2. The molecule has 1 aliphatic rings. The Bertz CT molecular complexity index is 1220. The van der Waals surface area contributed by atoms with Gasteiger partial charge in [0.2, 0.25) is 0 Å². The number of carboxylic acids is 1. The Morgan fingerprint density at radius 2 is 1.94 bits per heavy atom. The summed E-state index contributed by atoms with van der Waals surface area (Å²) < 4.78 is 54.4. The van der Waals surface area contributed by atoms with E-state index in [1.165, 1.54) is 13.1 Å². The van der Waals surface area contributed by atoms with E-state index in [9.17, 15) is 37.1 Å². The van der Waals surface area contributed by atoms with Gasteiger partial charge in [0.25, 0.3) is 0 Å². The summed E-state index contributed by atoms with van der Waals surface area (Å²) in [5, 5.41) is 20.8. The quantitative estimate of drug-likeness (QED) is 0.408. The van der Waals surface area contributed by atoms with Crippen LogP contribution in [0.3, 0.4) is 0 Å². The van der Waals surface area contributed by atoms with E-state index in [1.807, 2.05) is 0 Å². The summed E-state index contributed by atoms with van der Waals surface area (Å²) in [5.41, 5.74) is -3.29. The van der Waals surface area contributed by atoms with Crippen LogP contribution in [-0.2, 0) is 15.8 Å². The average Bonchev–Trinajstić information content (AvgIpc) is 2.75. The number of hydrogen-bond donors (Lipinski definition) is 3. The molecular weight excluding hydrogens is 478 g/mol. The Balaban J connectivity index is 2.03. The van der Waals surface area contributed by atoms with Gasteiger partial charge in [0.05, 0.1) is 23.0 Å². The molecule has 0 bridgehead atoms. The van der Waals surface area contributed by atoms with Crippen LogP contribution < -0.4 is 15.7 Å². The summed E-state index contributed by atoms with van der Waals surface area (Å²) in [6.45, 7) is 0. The number of amides is 2. The molecule has 1 aliphatic carbocycles. The first-order chi connectivity index (χ1) is 16.4. The van der Waals surface area contributed by atoms with Crippen molar-refractivity contribution in [3.05, 3.63) is 53.1 Å². The molecule has 0 saturated heterocycles. The number of rotatable bonds is 6. The van der Waals surface area contributed by atoms with E-state index in [2.05, 4.69) is 20.6 Å². The lowest BCUT2D eigenvalue weighted by molar-refractivity contribution is -0.146. The highest BCUT2D eigenvalue weighted by atomic mass is 19.4. The number of urea groups is 1. The second kappa shape index (κ2) is 9.55. The maximum atomic E-state index is 14.7. The molecule has 3 rings (SSSR count). The third-order valence-electron chi connectivity index (χ3n) is 5.39. The summed E-state index contributed by atoms with van der Waals surface area (Å²) in [5.74, 6) is -3.61. The van der Waals surface area contributed by atoms with E-state index in [0.717, 1.165) is 24.4 Å². The van der Waals surface area contributed by atoms with Crippen LogP contribution in [0.2, 0.25) is 0 Å². The molecule has 1 heterocycles. The fraction of sp³-hybridized carbons (Fsp3) is 0.286. The zero-order valence-electron chi connectivity index (χ0n) is 17.9. The summed E-state index contributed by atoms with van der Waals surface area (Å²) in [6, 6.07) is 3.42. The highest BCUT2D eigenvalue weighted by molar-refractivity contribution is 6.07. The molecule has 0 unspecified atom stereocenters. The first-order valence-corrected chi connectivity index (χ1v) is 9.94. The van der Waals surface area contributed by atoms with Crippen molar-refractivity contribution in [2.24, 2.45) is 0 Å². The minimum Gasteiger partial charge on any atom is -0.479 e. The number of nitrogens with one attached hydrogen (secondary N) is 2. The fourth-order valence-corrected chi connectivity index (χ4v) is 3.58. The number of hydrogen-bond acceptors (Lipinski definition) is 7. The number of halogens is 4. The zero-order valence-corrected chi connectivity index (χ0v) is 17.9. The largest absolute Gasteiger partial charge is 0.479 e. The molecule has 0 aliphatic heterocycles. The number of aliphatic carboxylic acids is 1. The van der Waals surface area contributed by atoms with Crippen molar-refractivity contribution in [3.8, 4) is 6.07 Å². The van der Waals surface area contributed by atoms with E-state index >= 15 is 0 Å². The third-order valence-corrected chi connectivity index (χ3v) is 5.39. The number of nitriles is 1. The molecule has 35 heavy (non-hydrogen) atoms. The number of carbonyl (C=O) groups excluding carboxylic acids is 2. The van der Waals surface area contributed by atoms with Crippen molar-refractivity contribution in [2.45, 2.75) is 31.0 Å². The minimum absolute atomic E-state index is 0.0136. The summed E-state index contributed by atoms with van der Waals surface area (Å²) in [6.07, 6.45) is -3.76. The monoisotopic (exact) mass is 495 g/mol. The fourth-order valence-electron chi connectivity index (χ4n) is 3.58. The number of alkyl halides is 3. The van der Waals surface area contributed by atoms with Crippen LogP contribution in [0.5, 0.6) is 0 Å². The topological polar surface area (TPSA) is 145 Å². The number of carboxylic acid groups (broad SMARTS) is 1. The number of aromatic nitrogens is 1. The molecule has 10 nitrogen and oxygen atoms in total. The van der Waals surface area contributed by atoms with E-state index in [-0.39, 0.29) is 18.5 Å². The smallest absolute Gasteiger partial charge is 0.419 e. The van der Waals surface area contributed by atoms with Crippen molar-refractivity contribution in [2.75, 3.05) is 17.3 Å². The lowest BCUT2D eigenvalue weighted by Crippen LogP contribution is -2.62. The lowest BCUT2D eigenvalue weighted by atomic mass is 9.75. The number of carbonyl (C=O) groups is 3. The molecule has 3 N–H and O–H groups in total. The number of pyridine rings is 1. The molecule has 1 aromatic heterocycles. The Morgan fingerprint density at radius 3 is 2.43 bits per heavy atom. The Hall–Kier alpha value is -4.25. The second-order valence-electron chi connectivity index (χ2n) is 7.44. The first kappa shape index (κ1) is 25.4. The van der Waals surface area contributed by atoms with Gasteiger partial charge >= 0.3 is 24.1 Å². The van der Waals surface area contributed by atoms with Gasteiger partial charge in [-0.2, -0.15) is 23.9 Å². The van der Waals surface area contributed by atoms with Crippen LogP contribution in [0.1, 0.15) is 40.9 Å². The standard InChI is InChI=1S/C21H17F4N5O5/c1-27-35-17(31)13-4-3-12(8-15(13)22)30(20(18(32)33)5-2-6-20)19(34)29-11-7-14(21(23,24)25)16(9-26)28-10-11/h3-4,7-8,10,27H,2,5-6H2,1H3,(H,29,34)(H,32,33). The van der Waals surface area contributed by atoms with Gasteiger partial charge in [0.1, 0.15) is 17.4 Å². The van der Waals surface area contributed by atoms with E-state index in [4.69, 9.17) is 5.26 Å². The van der Waals surface area contributed by atoms with Crippen LogP contribution in [-0.4, -0.2) is 40.6 Å². The lowest BCUT2D eigenvalue weighted by Gasteiger charge is -2.46. The van der Waals surface area contributed by atoms with E-state index in [1.54, 1.807) is 0 Å². The predicted molar refractivity (Wildman–Crippen MR) is 111 cm³/mol. The molecule has 1 saturated carbocycles. The van der Waals surface area contributed by atoms with Crippen molar-refractivity contribution in [1.29, 1.82) is 5.26 Å². The maximum Gasteiger partial charge on any atom is 0.419 e. The van der Waals surface area contributed by atoms with Crippen LogP contribution in [0.25, 0.3) is 0 Å². The SMILES string of the molecule is CNOC(=O)c1ccc(N(C(=O)Nc2cnc(C#N)c(C(F)(F)F)c2)C2(C(=O)O)CCC2)cc1F. The molecule has 14 heteroatoms. The van der Waals surface area contributed by atoms with Gasteiger partial charge in [-0.1, -0.05) is 0 Å². The highest BCUT2D eigenvalue weighted by Gasteiger charge is 2.52. The van der Waals surface area contributed by atoms with Crippen molar-refractivity contribution in [1.82, 2.24) is 10.5 Å². The molecule has 184 valence electrons. The van der Waals surface area contributed by atoms with Crippen LogP contribution in [0.15, 0.2) is 30.5 Å². The predicted octanol–water partition coefficient (Wildman–Crippen LogP) is 3.45. The zero-order chi connectivity index (χ0) is 26.0. The van der Waals surface area contributed by atoms with Crippen LogP contribution in [0, 0.1) is 17.1 Å². The van der Waals surface area contributed by atoms with Gasteiger partial charge in [-0.15, -0.1) is 0 Å². The van der Waals surface area contributed by atoms with Gasteiger partial charge in [0, 0.05) is 12.7 Å². The first-order valence-electron chi connectivity index (χ1n) is 9.94. The number of nitrogens with zero attached hydrogens (tertiary/aromatic N) is 3. The Labute approximate surface area is 195 Å². The highest BCUT2D eigenvalue weighted by Crippen LogP contribution is 2.42. The van der Waals surface area contributed by atoms with Crippen LogP contribution >= 0.6 is 0 Å². The Kier molecular flexibility index (Phi) is 6.92. The van der Waals surface area contributed by atoms with Crippen molar-refractivity contribution < 1.29 is 41.9 Å². The molecule has 1 aromatic carbocycles. The van der Waals surface area contributed by atoms with Crippen molar-refractivity contribution in [3.63, 3.8) is 0 Å². The summed E-state index contributed by atoms with van der Waals surface area (Å²) in [4.78, 5) is 45.7. The van der Waals surface area contributed by atoms with Crippen LogP contribution in [0.4, 0.5) is 33.7 Å². The molecule has 2 aromatic rings. The average molecular weight is 495 g/mol. The van der Waals surface area contributed by atoms with Gasteiger partial charge in [-0.25, -0.2) is 23.8 Å². The van der Waals surface area contributed by atoms with Gasteiger partial charge < -0.3 is 15.3 Å². The molecule has 0 spiro atoms. The molecule has 0 radical (unpaired) electrons. The van der Waals surface area contributed by atoms with Gasteiger partial charge in [-0.3, -0.25) is 4.90 Å². The number of hydroxylamine groups is 1. The maximum absolute atomic E-state index is 14.7. The van der Waals surface area contributed by atoms with Gasteiger partial charge in [-0.05, 0) is 43.5 Å². The van der Waals surface area contributed by atoms with E-state index < -0.39 is 58.0 Å².